The Bertz CT molecular complexity index is 810. The highest BCUT2D eigenvalue weighted by atomic mass is 127. The van der Waals surface area contributed by atoms with Crippen LogP contribution in [0.4, 0.5) is 0 Å². The van der Waals surface area contributed by atoms with Crippen molar-refractivity contribution in [1.82, 2.24) is 9.80 Å². The standard InChI is InChI=1S/C19H18I2N2O2/c1-13-12-22(18(24)14-6-2-4-8-16(14)20)10-11-23(13)19(25)15-7-3-5-9-17(15)21/h2-9,13H,10-12H2,1H3/t13-/m0/s1. The molecule has 0 spiro atoms. The van der Waals surface area contributed by atoms with Crippen molar-refractivity contribution in [3.05, 3.63) is 66.8 Å². The third-order valence-corrected chi connectivity index (χ3v) is 6.27. The smallest absolute Gasteiger partial charge is 0.255 e. The largest absolute Gasteiger partial charge is 0.335 e. The van der Waals surface area contributed by atoms with Crippen molar-refractivity contribution in [2.24, 2.45) is 0 Å². The van der Waals surface area contributed by atoms with Gasteiger partial charge in [-0.25, -0.2) is 0 Å². The van der Waals surface area contributed by atoms with Crippen molar-refractivity contribution in [2.75, 3.05) is 19.6 Å². The van der Waals surface area contributed by atoms with Crippen LogP contribution in [0.1, 0.15) is 27.6 Å². The molecule has 1 aliphatic rings. The Morgan fingerprint density at radius 1 is 0.880 bits per heavy atom. The van der Waals surface area contributed by atoms with E-state index in [-0.39, 0.29) is 17.9 Å². The van der Waals surface area contributed by atoms with Crippen LogP contribution >= 0.6 is 45.2 Å². The molecule has 2 aromatic carbocycles. The molecule has 2 amide bonds. The Hall–Kier alpha value is -1.16. The van der Waals surface area contributed by atoms with Crippen LogP contribution in [0.3, 0.4) is 0 Å². The molecule has 0 saturated carbocycles. The molecular weight excluding hydrogens is 542 g/mol. The SMILES string of the molecule is C[C@H]1CN(C(=O)c2ccccc2I)CCN1C(=O)c1ccccc1I. The van der Waals surface area contributed by atoms with Gasteiger partial charge in [-0.05, 0) is 76.4 Å². The first kappa shape index (κ1) is 18.6. The molecule has 1 aliphatic heterocycles. The Morgan fingerprint density at radius 3 is 1.92 bits per heavy atom. The van der Waals surface area contributed by atoms with Gasteiger partial charge in [0, 0.05) is 32.8 Å². The van der Waals surface area contributed by atoms with Gasteiger partial charge >= 0.3 is 0 Å². The molecule has 2 aromatic rings. The van der Waals surface area contributed by atoms with E-state index in [1.807, 2.05) is 65.3 Å². The first-order valence-corrected chi connectivity index (χ1v) is 10.2. The number of rotatable bonds is 2. The van der Waals surface area contributed by atoms with Crippen molar-refractivity contribution in [2.45, 2.75) is 13.0 Å². The highest BCUT2D eigenvalue weighted by molar-refractivity contribution is 14.1. The van der Waals surface area contributed by atoms with E-state index in [2.05, 4.69) is 45.2 Å². The number of carbonyl (C=O) groups excluding carboxylic acids is 2. The highest BCUT2D eigenvalue weighted by Gasteiger charge is 2.31. The van der Waals surface area contributed by atoms with E-state index in [9.17, 15) is 9.59 Å². The average molecular weight is 560 g/mol. The average Bonchev–Trinajstić information content (AvgIpc) is 2.61. The third-order valence-electron chi connectivity index (χ3n) is 4.38. The second-order valence-corrected chi connectivity index (χ2v) is 8.38. The Kier molecular flexibility index (Phi) is 5.98. The molecule has 1 atom stereocenters. The lowest BCUT2D eigenvalue weighted by atomic mass is 10.1. The maximum Gasteiger partial charge on any atom is 0.255 e. The van der Waals surface area contributed by atoms with Gasteiger partial charge in [0.25, 0.3) is 11.8 Å². The molecule has 130 valence electrons. The Morgan fingerprint density at radius 2 is 1.40 bits per heavy atom. The van der Waals surface area contributed by atoms with Crippen LogP contribution in [-0.4, -0.2) is 47.3 Å². The summed E-state index contributed by atoms with van der Waals surface area (Å²) in [7, 11) is 0. The maximum atomic E-state index is 12.8. The second-order valence-electron chi connectivity index (χ2n) is 6.06. The van der Waals surface area contributed by atoms with E-state index >= 15 is 0 Å². The van der Waals surface area contributed by atoms with Gasteiger partial charge in [0.15, 0.2) is 0 Å². The van der Waals surface area contributed by atoms with Crippen molar-refractivity contribution < 1.29 is 9.59 Å². The van der Waals surface area contributed by atoms with E-state index < -0.39 is 0 Å². The van der Waals surface area contributed by atoms with Crippen LogP contribution in [0.15, 0.2) is 48.5 Å². The van der Waals surface area contributed by atoms with Gasteiger partial charge in [0.2, 0.25) is 0 Å². The number of nitrogens with zero attached hydrogens (tertiary/aromatic N) is 2. The van der Waals surface area contributed by atoms with Gasteiger partial charge in [0.05, 0.1) is 11.1 Å². The number of carbonyl (C=O) groups is 2. The molecule has 0 unspecified atom stereocenters. The summed E-state index contributed by atoms with van der Waals surface area (Å²) >= 11 is 4.38. The summed E-state index contributed by atoms with van der Waals surface area (Å²) in [6.45, 7) is 3.67. The number of hydrogen-bond donors (Lipinski definition) is 0. The number of piperazine rings is 1. The minimum absolute atomic E-state index is 0.0115. The minimum atomic E-state index is -0.0115. The minimum Gasteiger partial charge on any atom is -0.335 e. The van der Waals surface area contributed by atoms with E-state index in [4.69, 9.17) is 0 Å². The van der Waals surface area contributed by atoms with Gasteiger partial charge < -0.3 is 9.80 Å². The van der Waals surface area contributed by atoms with E-state index in [0.717, 1.165) is 18.3 Å². The van der Waals surface area contributed by atoms with Gasteiger partial charge in [-0.3, -0.25) is 9.59 Å². The van der Waals surface area contributed by atoms with Gasteiger partial charge in [-0.2, -0.15) is 0 Å². The summed E-state index contributed by atoms with van der Waals surface area (Å²) in [6.07, 6.45) is 0. The van der Waals surface area contributed by atoms with Crippen LogP contribution in [-0.2, 0) is 0 Å². The third kappa shape index (κ3) is 3.99. The molecular formula is C19H18I2N2O2. The monoisotopic (exact) mass is 560 g/mol. The number of benzene rings is 2. The molecule has 4 nitrogen and oxygen atoms in total. The van der Waals surface area contributed by atoms with Crippen molar-refractivity contribution in [3.63, 3.8) is 0 Å². The van der Waals surface area contributed by atoms with Crippen LogP contribution in [0.5, 0.6) is 0 Å². The van der Waals surface area contributed by atoms with Crippen molar-refractivity contribution >= 4 is 57.0 Å². The highest BCUT2D eigenvalue weighted by Crippen LogP contribution is 2.20. The molecule has 3 rings (SSSR count). The summed E-state index contributed by atoms with van der Waals surface area (Å²) in [5, 5.41) is 0. The normalized spacial score (nSPS) is 17.5. The lowest BCUT2D eigenvalue weighted by Gasteiger charge is -2.40. The number of hydrogen-bond acceptors (Lipinski definition) is 2. The van der Waals surface area contributed by atoms with E-state index in [1.165, 1.54) is 0 Å². The van der Waals surface area contributed by atoms with Gasteiger partial charge in [0.1, 0.15) is 0 Å². The van der Waals surface area contributed by atoms with E-state index in [0.29, 0.717) is 19.6 Å². The molecule has 0 radical (unpaired) electrons. The molecule has 0 aliphatic carbocycles. The van der Waals surface area contributed by atoms with Crippen LogP contribution in [0.25, 0.3) is 0 Å². The zero-order chi connectivity index (χ0) is 18.0. The molecule has 1 saturated heterocycles. The summed E-state index contributed by atoms with van der Waals surface area (Å²) in [4.78, 5) is 29.4. The fourth-order valence-electron chi connectivity index (χ4n) is 3.04. The van der Waals surface area contributed by atoms with Crippen molar-refractivity contribution in [1.29, 1.82) is 0 Å². The molecule has 0 N–H and O–H groups in total. The molecule has 25 heavy (non-hydrogen) atoms. The van der Waals surface area contributed by atoms with Crippen LogP contribution in [0, 0.1) is 7.14 Å². The summed E-state index contributed by atoms with van der Waals surface area (Å²) in [5.41, 5.74) is 1.46. The zero-order valence-electron chi connectivity index (χ0n) is 13.8. The predicted octanol–water partition coefficient (Wildman–Crippen LogP) is 3.88. The topological polar surface area (TPSA) is 40.6 Å². The first-order valence-electron chi connectivity index (χ1n) is 8.08. The van der Waals surface area contributed by atoms with Crippen LogP contribution in [0.2, 0.25) is 0 Å². The lowest BCUT2D eigenvalue weighted by molar-refractivity contribution is 0.0413. The van der Waals surface area contributed by atoms with E-state index in [1.54, 1.807) is 0 Å². The van der Waals surface area contributed by atoms with Gasteiger partial charge in [-0.15, -0.1) is 0 Å². The number of amides is 2. The molecule has 1 heterocycles. The fourth-order valence-corrected chi connectivity index (χ4v) is 4.27. The van der Waals surface area contributed by atoms with Crippen LogP contribution < -0.4 is 0 Å². The molecule has 0 bridgehead atoms. The Balaban J connectivity index is 1.73. The summed E-state index contributed by atoms with van der Waals surface area (Å²) in [6, 6.07) is 15.2. The molecule has 6 heteroatoms. The summed E-state index contributed by atoms with van der Waals surface area (Å²) < 4.78 is 1.91. The van der Waals surface area contributed by atoms with Gasteiger partial charge in [-0.1, -0.05) is 24.3 Å². The zero-order valence-corrected chi connectivity index (χ0v) is 18.1. The molecule has 1 fully saturated rings. The fraction of sp³-hybridized carbons (Fsp3) is 0.263. The maximum absolute atomic E-state index is 12.8. The summed E-state index contributed by atoms with van der Waals surface area (Å²) in [5.74, 6) is 0.0807. The Labute approximate surface area is 174 Å². The second kappa shape index (κ2) is 8.03. The quantitative estimate of drug-likeness (QED) is 0.524. The molecule has 0 aromatic heterocycles. The number of halogens is 2. The predicted molar refractivity (Wildman–Crippen MR) is 115 cm³/mol. The first-order chi connectivity index (χ1) is 12.0. The lowest BCUT2D eigenvalue weighted by Crippen LogP contribution is -2.55. The van der Waals surface area contributed by atoms with Crippen molar-refractivity contribution in [3.8, 4) is 0 Å².